The topological polar surface area (TPSA) is 62.8 Å². The third-order valence-electron chi connectivity index (χ3n) is 5.36. The van der Waals surface area contributed by atoms with Crippen molar-refractivity contribution in [3.05, 3.63) is 83.2 Å². The Labute approximate surface area is 185 Å². The third-order valence-corrected chi connectivity index (χ3v) is 5.36. The smallest absolute Gasteiger partial charge is 0.258 e. The molecule has 7 heteroatoms. The molecule has 0 unspecified atom stereocenters. The van der Waals surface area contributed by atoms with Gasteiger partial charge in [0.1, 0.15) is 5.82 Å². The number of benzene rings is 3. The van der Waals surface area contributed by atoms with E-state index in [-0.39, 0.29) is 12.7 Å². The minimum Gasteiger partial charge on any atom is -0.454 e. The van der Waals surface area contributed by atoms with Gasteiger partial charge in [0.15, 0.2) is 11.5 Å². The van der Waals surface area contributed by atoms with E-state index in [2.05, 4.69) is 15.5 Å². The van der Waals surface area contributed by atoms with Crippen molar-refractivity contribution in [3.8, 4) is 11.5 Å². The number of halogens is 1. The molecule has 2 aliphatic rings. The van der Waals surface area contributed by atoms with Gasteiger partial charge in [-0.25, -0.2) is 4.39 Å². The SMILES string of the molecule is CN(C)Cc1ccc(NC(=C2C(=O)Nc3cc(F)ccc32)c2ccc3c(c2)OCO3)cc1. The number of ether oxygens (including phenoxy) is 2. The molecular formula is C25H22FN3O3. The van der Waals surface area contributed by atoms with Gasteiger partial charge in [-0.2, -0.15) is 0 Å². The lowest BCUT2D eigenvalue weighted by molar-refractivity contribution is -0.110. The maximum atomic E-state index is 13.7. The first-order valence-corrected chi connectivity index (χ1v) is 10.2. The average molecular weight is 431 g/mol. The highest BCUT2D eigenvalue weighted by atomic mass is 19.1. The first-order chi connectivity index (χ1) is 15.5. The van der Waals surface area contributed by atoms with Crippen LogP contribution in [0.1, 0.15) is 16.7 Å². The minimum absolute atomic E-state index is 0.161. The Morgan fingerprint density at radius 2 is 1.81 bits per heavy atom. The van der Waals surface area contributed by atoms with Crippen LogP contribution in [0.2, 0.25) is 0 Å². The van der Waals surface area contributed by atoms with Crippen LogP contribution in [0.5, 0.6) is 11.5 Å². The zero-order valence-electron chi connectivity index (χ0n) is 17.7. The second-order valence-electron chi connectivity index (χ2n) is 8.02. The van der Waals surface area contributed by atoms with Crippen LogP contribution in [0.3, 0.4) is 0 Å². The molecule has 0 saturated carbocycles. The average Bonchev–Trinajstić information content (AvgIpc) is 3.35. The fourth-order valence-electron chi connectivity index (χ4n) is 3.93. The minimum atomic E-state index is -0.403. The second-order valence-corrected chi connectivity index (χ2v) is 8.02. The number of hydrogen-bond donors (Lipinski definition) is 2. The summed E-state index contributed by atoms with van der Waals surface area (Å²) in [6, 6.07) is 17.9. The number of carbonyl (C=O) groups is 1. The molecule has 6 nitrogen and oxygen atoms in total. The number of fused-ring (bicyclic) bond motifs is 2. The van der Waals surface area contributed by atoms with Gasteiger partial charge >= 0.3 is 0 Å². The van der Waals surface area contributed by atoms with E-state index in [0.29, 0.717) is 34.0 Å². The van der Waals surface area contributed by atoms with Gasteiger partial charge in [0.05, 0.1) is 17.0 Å². The number of carbonyl (C=O) groups excluding carboxylic acids is 1. The third kappa shape index (κ3) is 3.78. The van der Waals surface area contributed by atoms with Crippen molar-refractivity contribution >= 4 is 28.6 Å². The zero-order chi connectivity index (χ0) is 22.2. The maximum Gasteiger partial charge on any atom is 0.258 e. The Morgan fingerprint density at radius 1 is 1.03 bits per heavy atom. The largest absolute Gasteiger partial charge is 0.454 e. The number of amides is 1. The lowest BCUT2D eigenvalue weighted by Gasteiger charge is -2.16. The fraction of sp³-hybridized carbons (Fsp3) is 0.160. The molecule has 0 radical (unpaired) electrons. The lowest BCUT2D eigenvalue weighted by atomic mass is 9.99. The predicted octanol–water partition coefficient (Wildman–Crippen LogP) is 4.55. The highest BCUT2D eigenvalue weighted by molar-refractivity contribution is 6.37. The van der Waals surface area contributed by atoms with Gasteiger partial charge in [-0.3, -0.25) is 4.79 Å². The summed E-state index contributed by atoms with van der Waals surface area (Å²) < 4.78 is 24.7. The number of nitrogens with zero attached hydrogens (tertiary/aromatic N) is 1. The zero-order valence-corrected chi connectivity index (χ0v) is 17.7. The molecule has 3 aromatic rings. The Hall–Kier alpha value is -3.84. The number of anilines is 2. The molecule has 0 spiro atoms. The van der Waals surface area contributed by atoms with Gasteiger partial charge in [-0.05, 0) is 68.2 Å². The van der Waals surface area contributed by atoms with Crippen LogP contribution < -0.4 is 20.1 Å². The molecule has 0 saturated heterocycles. The first kappa shape index (κ1) is 20.1. The van der Waals surface area contributed by atoms with Crippen LogP contribution >= 0.6 is 0 Å². The van der Waals surface area contributed by atoms with E-state index in [1.165, 1.54) is 17.7 Å². The van der Waals surface area contributed by atoms with E-state index in [9.17, 15) is 9.18 Å². The Bertz CT molecular complexity index is 1240. The lowest BCUT2D eigenvalue weighted by Crippen LogP contribution is -2.11. The highest BCUT2D eigenvalue weighted by Crippen LogP contribution is 2.40. The summed E-state index contributed by atoms with van der Waals surface area (Å²) in [4.78, 5) is 15.1. The van der Waals surface area contributed by atoms with E-state index in [1.54, 1.807) is 6.07 Å². The summed E-state index contributed by atoms with van der Waals surface area (Å²) in [5.41, 5.74) is 4.90. The molecule has 0 bridgehead atoms. The molecule has 3 aromatic carbocycles. The van der Waals surface area contributed by atoms with E-state index in [0.717, 1.165) is 17.8 Å². The normalized spacial score (nSPS) is 15.6. The van der Waals surface area contributed by atoms with Gasteiger partial charge in [0.25, 0.3) is 5.91 Å². The Kier molecular flexibility index (Phi) is 5.03. The van der Waals surface area contributed by atoms with Crippen LogP contribution in [-0.4, -0.2) is 31.7 Å². The van der Waals surface area contributed by atoms with Gasteiger partial charge in [-0.15, -0.1) is 0 Å². The van der Waals surface area contributed by atoms with Crippen LogP contribution in [-0.2, 0) is 11.3 Å². The molecule has 0 atom stereocenters. The van der Waals surface area contributed by atoms with Crippen molar-refractivity contribution in [2.45, 2.75) is 6.54 Å². The van der Waals surface area contributed by atoms with Crippen molar-refractivity contribution in [3.63, 3.8) is 0 Å². The van der Waals surface area contributed by atoms with E-state index in [4.69, 9.17) is 9.47 Å². The first-order valence-electron chi connectivity index (χ1n) is 10.2. The van der Waals surface area contributed by atoms with Crippen molar-refractivity contribution in [1.82, 2.24) is 4.90 Å². The van der Waals surface area contributed by atoms with E-state index in [1.807, 2.05) is 56.6 Å². The fourth-order valence-corrected chi connectivity index (χ4v) is 3.93. The number of rotatable bonds is 5. The van der Waals surface area contributed by atoms with Crippen LogP contribution in [0.15, 0.2) is 60.7 Å². The second kappa shape index (κ2) is 8.01. The van der Waals surface area contributed by atoms with Crippen LogP contribution in [0.4, 0.5) is 15.8 Å². The summed E-state index contributed by atoms with van der Waals surface area (Å²) in [6.07, 6.45) is 0. The molecule has 0 aliphatic carbocycles. The molecular weight excluding hydrogens is 409 g/mol. The molecule has 162 valence electrons. The van der Waals surface area contributed by atoms with Gasteiger partial charge < -0.3 is 25.0 Å². The highest BCUT2D eigenvalue weighted by Gasteiger charge is 2.29. The molecule has 5 rings (SSSR count). The van der Waals surface area contributed by atoms with E-state index < -0.39 is 5.82 Å². The van der Waals surface area contributed by atoms with Crippen molar-refractivity contribution < 1.29 is 18.7 Å². The van der Waals surface area contributed by atoms with Gasteiger partial charge in [-0.1, -0.05) is 12.1 Å². The standard InChI is InChI=1S/C25H22FN3O3/c1-29(2)13-15-3-7-18(8-4-15)27-24(16-5-10-21-22(11-16)32-14-31-21)23-19-9-6-17(26)12-20(19)28-25(23)30/h3-12,27H,13-14H2,1-2H3,(H,28,30). The number of nitrogens with one attached hydrogen (secondary N) is 2. The molecule has 32 heavy (non-hydrogen) atoms. The van der Waals surface area contributed by atoms with Crippen molar-refractivity contribution in [1.29, 1.82) is 0 Å². The summed E-state index contributed by atoms with van der Waals surface area (Å²) in [5, 5.41) is 6.18. The van der Waals surface area contributed by atoms with Crippen molar-refractivity contribution in [2.24, 2.45) is 0 Å². The molecule has 2 heterocycles. The van der Waals surface area contributed by atoms with Crippen LogP contribution in [0.25, 0.3) is 11.3 Å². The number of hydrogen-bond acceptors (Lipinski definition) is 5. The maximum absolute atomic E-state index is 13.7. The van der Waals surface area contributed by atoms with E-state index >= 15 is 0 Å². The molecule has 1 amide bonds. The molecule has 0 fully saturated rings. The molecule has 0 aromatic heterocycles. The Balaban J connectivity index is 1.61. The summed E-state index contributed by atoms with van der Waals surface area (Å²) in [5.74, 6) is 0.570. The molecule has 2 aliphatic heterocycles. The van der Waals surface area contributed by atoms with Crippen LogP contribution in [0, 0.1) is 5.82 Å². The summed E-state index contributed by atoms with van der Waals surface area (Å²) in [6.45, 7) is 0.992. The van der Waals surface area contributed by atoms with Crippen molar-refractivity contribution in [2.75, 3.05) is 31.5 Å². The summed E-state index contributed by atoms with van der Waals surface area (Å²) >= 11 is 0. The Morgan fingerprint density at radius 3 is 2.59 bits per heavy atom. The summed E-state index contributed by atoms with van der Waals surface area (Å²) in [7, 11) is 4.04. The quantitative estimate of drug-likeness (QED) is 0.581. The van der Waals surface area contributed by atoms with Gasteiger partial charge in [0, 0.05) is 23.4 Å². The predicted molar refractivity (Wildman–Crippen MR) is 122 cm³/mol. The monoisotopic (exact) mass is 431 g/mol. The van der Waals surface area contributed by atoms with Gasteiger partial charge in [0.2, 0.25) is 6.79 Å². The molecule has 2 N–H and O–H groups in total.